The monoisotopic (exact) mass is 323 g/mol. The second kappa shape index (κ2) is 5.93. The number of esters is 1. The van der Waals surface area contributed by atoms with Crippen molar-refractivity contribution in [3.05, 3.63) is 51.9 Å². The highest BCUT2D eigenvalue weighted by Crippen LogP contribution is 2.20. The molecule has 0 unspecified atom stereocenters. The summed E-state index contributed by atoms with van der Waals surface area (Å²) in [5.74, 6) is 0.471. The third-order valence-corrected chi connectivity index (χ3v) is 3.17. The number of hydrogen-bond acceptors (Lipinski definition) is 4. The summed E-state index contributed by atoms with van der Waals surface area (Å²) >= 11 is 3.26. The van der Waals surface area contributed by atoms with Crippen molar-refractivity contribution in [2.45, 2.75) is 13.5 Å². The number of furan rings is 1. The number of halogens is 1. The number of hydrogen-bond donors (Lipinski definition) is 1. The molecule has 1 aromatic heterocycles. The van der Waals surface area contributed by atoms with Gasteiger partial charge in [0.2, 0.25) is 0 Å². The SMILES string of the molecule is COC(=O)c1ccc(C)c(NCc2ccc(Br)o2)c1. The summed E-state index contributed by atoms with van der Waals surface area (Å²) in [5.41, 5.74) is 2.46. The van der Waals surface area contributed by atoms with Gasteiger partial charge in [0.05, 0.1) is 19.2 Å². The van der Waals surface area contributed by atoms with Crippen LogP contribution in [-0.2, 0) is 11.3 Å². The third-order valence-electron chi connectivity index (χ3n) is 2.74. The lowest BCUT2D eigenvalue weighted by molar-refractivity contribution is 0.0601. The highest BCUT2D eigenvalue weighted by molar-refractivity contribution is 9.10. The van der Waals surface area contributed by atoms with Crippen LogP contribution in [0.3, 0.4) is 0 Å². The molecule has 0 radical (unpaired) electrons. The van der Waals surface area contributed by atoms with E-state index in [1.165, 1.54) is 7.11 Å². The summed E-state index contributed by atoms with van der Waals surface area (Å²) in [4.78, 5) is 11.5. The molecule has 1 N–H and O–H groups in total. The molecule has 0 bridgehead atoms. The second-order valence-electron chi connectivity index (χ2n) is 4.08. The van der Waals surface area contributed by atoms with E-state index in [0.717, 1.165) is 17.0 Å². The predicted molar refractivity (Wildman–Crippen MR) is 76.3 cm³/mol. The first kappa shape index (κ1) is 13.7. The van der Waals surface area contributed by atoms with Crippen molar-refractivity contribution < 1.29 is 13.9 Å². The van der Waals surface area contributed by atoms with Crippen LogP contribution in [0.1, 0.15) is 21.7 Å². The Labute approximate surface area is 119 Å². The van der Waals surface area contributed by atoms with E-state index < -0.39 is 0 Å². The van der Waals surface area contributed by atoms with Gasteiger partial charge < -0.3 is 14.5 Å². The molecule has 19 heavy (non-hydrogen) atoms. The van der Waals surface area contributed by atoms with Gasteiger partial charge in [0.25, 0.3) is 0 Å². The lowest BCUT2D eigenvalue weighted by Gasteiger charge is -2.09. The molecule has 0 amide bonds. The van der Waals surface area contributed by atoms with Gasteiger partial charge in [0.15, 0.2) is 4.67 Å². The van der Waals surface area contributed by atoms with E-state index in [9.17, 15) is 4.79 Å². The van der Waals surface area contributed by atoms with Crippen LogP contribution < -0.4 is 5.32 Å². The van der Waals surface area contributed by atoms with Gasteiger partial charge in [-0.1, -0.05) is 6.07 Å². The molecule has 0 aliphatic heterocycles. The zero-order chi connectivity index (χ0) is 13.8. The number of benzene rings is 1. The average Bonchev–Trinajstić information content (AvgIpc) is 2.82. The summed E-state index contributed by atoms with van der Waals surface area (Å²) in [7, 11) is 1.37. The van der Waals surface area contributed by atoms with E-state index in [2.05, 4.69) is 21.2 Å². The van der Waals surface area contributed by atoms with Crippen molar-refractivity contribution in [2.24, 2.45) is 0 Å². The van der Waals surface area contributed by atoms with Crippen LogP contribution in [0.5, 0.6) is 0 Å². The minimum atomic E-state index is -0.344. The van der Waals surface area contributed by atoms with E-state index in [-0.39, 0.29) is 5.97 Å². The largest absolute Gasteiger partial charge is 0.465 e. The van der Waals surface area contributed by atoms with Gasteiger partial charge in [-0.15, -0.1) is 0 Å². The highest BCUT2D eigenvalue weighted by atomic mass is 79.9. The molecule has 0 aliphatic carbocycles. The fourth-order valence-corrected chi connectivity index (χ4v) is 2.03. The molecule has 5 heteroatoms. The van der Waals surface area contributed by atoms with Crippen LogP contribution in [0, 0.1) is 6.92 Å². The zero-order valence-corrected chi connectivity index (χ0v) is 12.3. The number of nitrogens with one attached hydrogen (secondary N) is 1. The van der Waals surface area contributed by atoms with Crippen LogP contribution in [0.15, 0.2) is 39.4 Å². The van der Waals surface area contributed by atoms with Gasteiger partial charge in [-0.2, -0.15) is 0 Å². The summed E-state index contributed by atoms with van der Waals surface area (Å²) in [6.45, 7) is 2.53. The quantitative estimate of drug-likeness (QED) is 0.870. The zero-order valence-electron chi connectivity index (χ0n) is 10.7. The second-order valence-corrected chi connectivity index (χ2v) is 4.86. The van der Waals surface area contributed by atoms with Crippen molar-refractivity contribution in [3.63, 3.8) is 0 Å². The van der Waals surface area contributed by atoms with Gasteiger partial charge in [0, 0.05) is 5.69 Å². The van der Waals surface area contributed by atoms with Crippen molar-refractivity contribution >= 4 is 27.6 Å². The highest BCUT2D eigenvalue weighted by Gasteiger charge is 2.08. The number of aryl methyl sites for hydroxylation is 1. The molecule has 0 aliphatic rings. The molecule has 0 spiro atoms. The van der Waals surface area contributed by atoms with Gasteiger partial charge in [-0.3, -0.25) is 0 Å². The Kier molecular flexibility index (Phi) is 4.27. The summed E-state index contributed by atoms with van der Waals surface area (Å²) in [5, 5.41) is 3.24. The van der Waals surface area contributed by atoms with Crippen molar-refractivity contribution in [3.8, 4) is 0 Å². The Morgan fingerprint density at radius 1 is 1.37 bits per heavy atom. The minimum absolute atomic E-state index is 0.344. The van der Waals surface area contributed by atoms with Crippen LogP contribution in [0.4, 0.5) is 5.69 Å². The number of carbonyl (C=O) groups is 1. The first-order valence-electron chi connectivity index (χ1n) is 5.77. The van der Waals surface area contributed by atoms with Crippen LogP contribution in [0.2, 0.25) is 0 Å². The summed E-state index contributed by atoms with van der Waals surface area (Å²) < 4.78 is 10.8. The number of carbonyl (C=O) groups excluding carboxylic acids is 1. The molecule has 4 nitrogen and oxygen atoms in total. The molecule has 1 aromatic carbocycles. The molecule has 0 saturated carbocycles. The maximum Gasteiger partial charge on any atom is 0.337 e. The number of anilines is 1. The Morgan fingerprint density at radius 2 is 2.16 bits per heavy atom. The van der Waals surface area contributed by atoms with E-state index in [4.69, 9.17) is 9.15 Å². The average molecular weight is 324 g/mol. The minimum Gasteiger partial charge on any atom is -0.465 e. The van der Waals surface area contributed by atoms with Crippen molar-refractivity contribution in [1.29, 1.82) is 0 Å². The van der Waals surface area contributed by atoms with Crippen LogP contribution >= 0.6 is 15.9 Å². The Morgan fingerprint density at radius 3 is 2.79 bits per heavy atom. The smallest absolute Gasteiger partial charge is 0.337 e. The number of rotatable bonds is 4. The Balaban J connectivity index is 2.12. The summed E-state index contributed by atoms with van der Waals surface area (Å²) in [6, 6.07) is 9.13. The van der Waals surface area contributed by atoms with E-state index in [1.807, 2.05) is 25.1 Å². The molecule has 2 aromatic rings. The lowest BCUT2D eigenvalue weighted by atomic mass is 10.1. The van der Waals surface area contributed by atoms with E-state index in [0.29, 0.717) is 16.8 Å². The molecule has 0 saturated heterocycles. The number of methoxy groups -OCH3 is 1. The molecule has 100 valence electrons. The van der Waals surface area contributed by atoms with Crippen molar-refractivity contribution in [1.82, 2.24) is 0 Å². The maximum atomic E-state index is 11.5. The Hall–Kier alpha value is -1.75. The first-order valence-corrected chi connectivity index (χ1v) is 6.56. The maximum absolute atomic E-state index is 11.5. The normalized spacial score (nSPS) is 10.3. The molecular formula is C14H14BrNO3. The molecule has 2 rings (SSSR count). The van der Waals surface area contributed by atoms with E-state index >= 15 is 0 Å². The molecule has 0 atom stereocenters. The fourth-order valence-electron chi connectivity index (χ4n) is 1.69. The van der Waals surface area contributed by atoms with Crippen LogP contribution in [-0.4, -0.2) is 13.1 Å². The van der Waals surface area contributed by atoms with Crippen molar-refractivity contribution in [2.75, 3.05) is 12.4 Å². The molecule has 1 heterocycles. The predicted octanol–water partition coefficient (Wildman–Crippen LogP) is 3.75. The Bertz CT molecular complexity index is 592. The fraction of sp³-hybridized carbons (Fsp3) is 0.214. The van der Waals surface area contributed by atoms with Gasteiger partial charge in [-0.05, 0) is 52.7 Å². The van der Waals surface area contributed by atoms with Crippen LogP contribution in [0.25, 0.3) is 0 Å². The molecule has 0 fully saturated rings. The van der Waals surface area contributed by atoms with Gasteiger partial charge in [-0.25, -0.2) is 4.79 Å². The number of ether oxygens (including phenoxy) is 1. The van der Waals surface area contributed by atoms with Gasteiger partial charge in [0.1, 0.15) is 5.76 Å². The lowest BCUT2D eigenvalue weighted by Crippen LogP contribution is -2.05. The standard InChI is InChI=1S/C14H14BrNO3/c1-9-3-4-10(14(17)18-2)7-12(9)16-8-11-5-6-13(15)19-11/h3-7,16H,8H2,1-2H3. The first-order chi connectivity index (χ1) is 9.10. The van der Waals surface area contributed by atoms with Gasteiger partial charge >= 0.3 is 5.97 Å². The summed E-state index contributed by atoms with van der Waals surface area (Å²) in [6.07, 6.45) is 0. The topological polar surface area (TPSA) is 51.5 Å². The van der Waals surface area contributed by atoms with E-state index in [1.54, 1.807) is 12.1 Å². The molecular weight excluding hydrogens is 310 g/mol. The third kappa shape index (κ3) is 3.38.